The summed E-state index contributed by atoms with van der Waals surface area (Å²) in [5.74, 6) is 0.184. The molecule has 2 aliphatic rings. The lowest BCUT2D eigenvalue weighted by molar-refractivity contribution is 0.190. The van der Waals surface area contributed by atoms with Gasteiger partial charge in [-0.1, -0.05) is 0 Å². The molecular weight excluding hydrogens is 318 g/mol. The second kappa shape index (κ2) is 6.52. The van der Waals surface area contributed by atoms with E-state index < -0.39 is 10.0 Å². The van der Waals surface area contributed by atoms with Crippen molar-refractivity contribution in [2.24, 2.45) is 5.92 Å². The van der Waals surface area contributed by atoms with E-state index in [0.717, 1.165) is 24.8 Å². The fourth-order valence-corrected chi connectivity index (χ4v) is 3.85. The van der Waals surface area contributed by atoms with Gasteiger partial charge in [-0.2, -0.15) is 0 Å². The maximum Gasteiger partial charge on any atom is 0.317 e. The molecule has 1 N–H and O–H groups in total. The van der Waals surface area contributed by atoms with Crippen LogP contribution in [0.4, 0.5) is 4.79 Å². The Morgan fingerprint density at radius 2 is 2.22 bits per heavy atom. The topological polar surface area (TPSA) is 82.9 Å². The Bertz CT molecular complexity index is 640. The zero-order valence-electron chi connectivity index (χ0n) is 13.3. The van der Waals surface area contributed by atoms with Crippen molar-refractivity contribution in [3.63, 3.8) is 0 Å². The van der Waals surface area contributed by atoms with Gasteiger partial charge >= 0.3 is 6.03 Å². The third kappa shape index (κ3) is 4.26. The highest BCUT2D eigenvalue weighted by molar-refractivity contribution is 7.88. The van der Waals surface area contributed by atoms with E-state index in [1.807, 2.05) is 11.0 Å². The van der Waals surface area contributed by atoms with Crippen LogP contribution in [0, 0.1) is 5.92 Å². The molecule has 1 atom stereocenters. The third-order valence-electron chi connectivity index (χ3n) is 4.44. The van der Waals surface area contributed by atoms with Crippen LogP contribution in [0.1, 0.15) is 24.8 Å². The smallest absolute Gasteiger partial charge is 0.317 e. The van der Waals surface area contributed by atoms with Crippen molar-refractivity contribution < 1.29 is 17.6 Å². The summed E-state index contributed by atoms with van der Waals surface area (Å²) >= 11 is 0. The van der Waals surface area contributed by atoms with Crippen LogP contribution in [0.2, 0.25) is 0 Å². The maximum atomic E-state index is 12.4. The molecule has 2 amide bonds. The zero-order chi connectivity index (χ0) is 16.4. The molecule has 128 valence electrons. The van der Waals surface area contributed by atoms with Crippen molar-refractivity contribution in [2.75, 3.05) is 25.9 Å². The lowest BCUT2D eigenvalue weighted by Gasteiger charge is -2.23. The van der Waals surface area contributed by atoms with E-state index in [0.29, 0.717) is 32.2 Å². The molecule has 0 spiro atoms. The molecule has 0 aromatic carbocycles. The van der Waals surface area contributed by atoms with E-state index in [-0.39, 0.29) is 11.9 Å². The number of hydrogen-bond donors (Lipinski definition) is 1. The largest absolute Gasteiger partial charge is 0.472 e. The average Bonchev–Trinajstić information content (AvgIpc) is 3.01. The molecular formula is C15H23N3O4S. The summed E-state index contributed by atoms with van der Waals surface area (Å²) < 4.78 is 29.6. The first kappa shape index (κ1) is 16.3. The second-order valence-electron chi connectivity index (χ2n) is 6.45. The second-order valence-corrected chi connectivity index (χ2v) is 8.43. The standard InChI is InChI=1S/C15H23N3O4S/c1-23(20,21)17-6-4-12(9-17)8-16-15(19)18(14-2-3-14)10-13-5-7-22-11-13/h5,7,11-12,14H,2-4,6,8-10H2,1H3,(H,16,19). The highest BCUT2D eigenvalue weighted by Gasteiger charge is 2.34. The van der Waals surface area contributed by atoms with Crippen molar-refractivity contribution in [3.8, 4) is 0 Å². The lowest BCUT2D eigenvalue weighted by atomic mass is 10.1. The summed E-state index contributed by atoms with van der Waals surface area (Å²) in [6.45, 7) is 2.09. The molecule has 1 aliphatic heterocycles. The summed E-state index contributed by atoms with van der Waals surface area (Å²) in [4.78, 5) is 14.3. The summed E-state index contributed by atoms with van der Waals surface area (Å²) in [7, 11) is -3.13. The van der Waals surface area contributed by atoms with Crippen molar-refractivity contribution in [2.45, 2.75) is 31.8 Å². The molecule has 1 saturated heterocycles. The first-order valence-corrected chi connectivity index (χ1v) is 9.79. The van der Waals surface area contributed by atoms with Gasteiger partial charge < -0.3 is 14.6 Å². The number of furan rings is 1. The van der Waals surface area contributed by atoms with Crippen molar-refractivity contribution in [1.82, 2.24) is 14.5 Å². The summed E-state index contributed by atoms with van der Waals surface area (Å²) in [6.07, 6.45) is 7.36. The van der Waals surface area contributed by atoms with Gasteiger partial charge in [0, 0.05) is 31.2 Å². The molecule has 1 unspecified atom stereocenters. The highest BCUT2D eigenvalue weighted by atomic mass is 32.2. The Kier molecular flexibility index (Phi) is 4.63. The van der Waals surface area contributed by atoms with Crippen LogP contribution in [0.25, 0.3) is 0 Å². The first-order valence-electron chi connectivity index (χ1n) is 7.94. The maximum absolute atomic E-state index is 12.4. The molecule has 1 aliphatic carbocycles. The molecule has 7 nitrogen and oxygen atoms in total. The minimum Gasteiger partial charge on any atom is -0.472 e. The number of nitrogens with zero attached hydrogens (tertiary/aromatic N) is 2. The van der Waals surface area contributed by atoms with E-state index in [4.69, 9.17) is 4.42 Å². The van der Waals surface area contributed by atoms with Gasteiger partial charge in [0.05, 0.1) is 25.3 Å². The van der Waals surface area contributed by atoms with Gasteiger partial charge in [0.25, 0.3) is 0 Å². The first-order chi connectivity index (χ1) is 10.9. The molecule has 8 heteroatoms. The van der Waals surface area contributed by atoms with Crippen LogP contribution < -0.4 is 5.32 Å². The van der Waals surface area contributed by atoms with E-state index in [1.165, 1.54) is 10.6 Å². The highest BCUT2D eigenvalue weighted by Crippen LogP contribution is 2.28. The van der Waals surface area contributed by atoms with Crippen LogP contribution in [-0.2, 0) is 16.6 Å². The van der Waals surface area contributed by atoms with Gasteiger partial charge in [0.2, 0.25) is 10.0 Å². The molecule has 2 heterocycles. The van der Waals surface area contributed by atoms with E-state index in [9.17, 15) is 13.2 Å². The molecule has 1 saturated carbocycles. The Morgan fingerprint density at radius 1 is 1.43 bits per heavy atom. The minimum absolute atomic E-state index is 0.0773. The van der Waals surface area contributed by atoms with Crippen molar-refractivity contribution in [1.29, 1.82) is 0 Å². The predicted molar refractivity (Wildman–Crippen MR) is 85.2 cm³/mol. The Labute approximate surface area is 136 Å². The number of rotatable bonds is 6. The SMILES string of the molecule is CS(=O)(=O)N1CCC(CNC(=O)N(Cc2ccoc2)C2CC2)C1. The quantitative estimate of drug-likeness (QED) is 0.844. The van der Waals surface area contributed by atoms with E-state index >= 15 is 0 Å². The Balaban J connectivity index is 1.50. The van der Waals surface area contributed by atoms with Gasteiger partial charge in [0.15, 0.2) is 0 Å². The van der Waals surface area contributed by atoms with Crippen molar-refractivity contribution in [3.05, 3.63) is 24.2 Å². The van der Waals surface area contributed by atoms with E-state index in [1.54, 1.807) is 12.5 Å². The van der Waals surface area contributed by atoms with Crippen LogP contribution in [0.5, 0.6) is 0 Å². The number of nitrogens with one attached hydrogen (secondary N) is 1. The van der Waals surface area contributed by atoms with E-state index in [2.05, 4.69) is 5.32 Å². The van der Waals surface area contributed by atoms with Gasteiger partial charge in [-0.3, -0.25) is 0 Å². The summed E-state index contributed by atoms with van der Waals surface area (Å²) in [6, 6.07) is 2.09. The fraction of sp³-hybridized carbons (Fsp3) is 0.667. The van der Waals surface area contributed by atoms with Gasteiger partial charge in [0.1, 0.15) is 0 Å². The minimum atomic E-state index is -3.13. The zero-order valence-corrected chi connectivity index (χ0v) is 14.1. The Hall–Kier alpha value is -1.54. The normalized spacial score (nSPS) is 22.2. The van der Waals surface area contributed by atoms with Crippen molar-refractivity contribution >= 4 is 16.1 Å². The van der Waals surface area contributed by atoms with Crippen LogP contribution in [0.15, 0.2) is 23.0 Å². The number of sulfonamides is 1. The number of amides is 2. The molecule has 3 rings (SSSR count). The van der Waals surface area contributed by atoms with Gasteiger partial charge in [-0.25, -0.2) is 17.5 Å². The average molecular weight is 341 g/mol. The van der Waals surface area contributed by atoms with Crippen LogP contribution in [0.3, 0.4) is 0 Å². The van der Waals surface area contributed by atoms with Crippen LogP contribution >= 0.6 is 0 Å². The predicted octanol–water partition coefficient (Wildman–Crippen LogP) is 1.24. The number of hydrogen-bond acceptors (Lipinski definition) is 4. The molecule has 0 radical (unpaired) electrons. The summed E-state index contributed by atoms with van der Waals surface area (Å²) in [5, 5.41) is 2.97. The Morgan fingerprint density at radius 3 is 2.78 bits per heavy atom. The fourth-order valence-electron chi connectivity index (χ4n) is 2.93. The summed E-state index contributed by atoms with van der Waals surface area (Å²) in [5.41, 5.74) is 0.983. The number of urea groups is 1. The van der Waals surface area contributed by atoms with Gasteiger partial charge in [-0.15, -0.1) is 0 Å². The number of carbonyl (C=O) groups is 1. The molecule has 0 bridgehead atoms. The third-order valence-corrected chi connectivity index (χ3v) is 5.71. The van der Waals surface area contributed by atoms with Gasteiger partial charge in [-0.05, 0) is 31.2 Å². The lowest BCUT2D eigenvalue weighted by Crippen LogP contribution is -2.43. The molecule has 1 aromatic heterocycles. The molecule has 1 aromatic rings. The monoisotopic (exact) mass is 341 g/mol. The van der Waals surface area contributed by atoms with Crippen LogP contribution in [-0.4, -0.2) is 55.6 Å². The molecule has 2 fully saturated rings. The number of carbonyl (C=O) groups excluding carboxylic acids is 1. The molecule has 23 heavy (non-hydrogen) atoms.